The van der Waals surface area contributed by atoms with E-state index in [-0.39, 0.29) is 27.4 Å². The van der Waals surface area contributed by atoms with Gasteiger partial charge in [-0.25, -0.2) is 0 Å². The van der Waals surface area contributed by atoms with E-state index < -0.39 is 11.7 Å². The minimum atomic E-state index is -2.65. The van der Waals surface area contributed by atoms with Crippen LogP contribution in [0, 0.1) is 6.92 Å². The summed E-state index contributed by atoms with van der Waals surface area (Å²) in [7, 11) is 0. The molecule has 1 amide bonds. The number of nitrogens with one attached hydrogen (secondary N) is 1. The maximum atomic E-state index is 12.7. The van der Waals surface area contributed by atoms with E-state index in [1.165, 1.54) is 12.1 Å². The fourth-order valence-corrected chi connectivity index (χ4v) is 3.10. The normalized spacial score (nSPS) is 11.0. The predicted octanol–water partition coefficient (Wildman–Crippen LogP) is 5.27. The second kappa shape index (κ2) is 7.84. The van der Waals surface area contributed by atoms with E-state index in [1.807, 2.05) is 0 Å². The molecule has 1 heterocycles. The minimum Gasteiger partial charge on any atom is -0.334 e. The first-order valence-electron chi connectivity index (χ1n) is 7.39. The molecule has 0 saturated carbocycles. The molecule has 0 radical (unpaired) electrons. The Bertz CT molecular complexity index is 932. The van der Waals surface area contributed by atoms with Gasteiger partial charge in [-0.05, 0) is 43.3 Å². The number of thioether (sulfide) groups is 1. The number of carbonyl (C=O) groups excluding carboxylic acids is 1. The number of benzene rings is 2. The monoisotopic (exact) mass is 395 g/mol. The highest BCUT2D eigenvalue weighted by Gasteiger charge is 2.16. The summed E-state index contributed by atoms with van der Waals surface area (Å²) >= 11 is 6.25. The van der Waals surface area contributed by atoms with Crippen LogP contribution >= 0.6 is 23.4 Å². The quantitative estimate of drug-likeness (QED) is 0.596. The van der Waals surface area contributed by atoms with Gasteiger partial charge in [0, 0.05) is 11.1 Å². The molecule has 3 rings (SSSR count). The molecule has 0 bridgehead atoms. The number of halogens is 3. The Labute approximate surface area is 156 Å². The first-order chi connectivity index (χ1) is 12.4. The molecule has 1 N–H and O–H groups in total. The summed E-state index contributed by atoms with van der Waals surface area (Å²) in [5.41, 5.74) is 1.24. The Kier molecular flexibility index (Phi) is 5.53. The van der Waals surface area contributed by atoms with Gasteiger partial charge in [-0.2, -0.15) is 13.8 Å². The van der Waals surface area contributed by atoms with Gasteiger partial charge in [0.15, 0.2) is 5.82 Å². The number of hydrogen-bond donors (Lipinski definition) is 1. The van der Waals surface area contributed by atoms with Crippen molar-refractivity contribution in [1.82, 2.24) is 10.1 Å². The topological polar surface area (TPSA) is 68.0 Å². The second-order valence-corrected chi connectivity index (χ2v) is 6.58. The molecule has 0 aliphatic rings. The number of carbonyl (C=O) groups is 1. The van der Waals surface area contributed by atoms with Gasteiger partial charge in [0.2, 0.25) is 0 Å². The highest BCUT2D eigenvalue weighted by Crippen LogP contribution is 2.37. The van der Waals surface area contributed by atoms with E-state index in [1.54, 1.807) is 37.3 Å². The van der Waals surface area contributed by atoms with Crippen LogP contribution in [0.4, 0.5) is 14.5 Å². The lowest BCUT2D eigenvalue weighted by atomic mass is 10.1. The van der Waals surface area contributed by atoms with Gasteiger partial charge in [-0.3, -0.25) is 4.79 Å². The highest BCUT2D eigenvalue weighted by molar-refractivity contribution is 7.99. The van der Waals surface area contributed by atoms with Crippen molar-refractivity contribution < 1.29 is 18.1 Å². The Balaban J connectivity index is 1.79. The maximum absolute atomic E-state index is 12.7. The SMILES string of the molecule is Cc1noc(-c2ccc(C(=O)Nc3cccc(Cl)c3SC(F)F)cc2)n1. The van der Waals surface area contributed by atoms with Gasteiger partial charge in [-0.1, -0.05) is 34.6 Å². The predicted molar refractivity (Wildman–Crippen MR) is 95.7 cm³/mol. The third kappa shape index (κ3) is 4.20. The summed E-state index contributed by atoms with van der Waals surface area (Å²) < 4.78 is 30.5. The van der Waals surface area contributed by atoms with E-state index in [0.717, 1.165) is 0 Å². The molecule has 5 nitrogen and oxygen atoms in total. The Hall–Kier alpha value is -2.45. The summed E-state index contributed by atoms with van der Waals surface area (Å²) in [4.78, 5) is 16.6. The van der Waals surface area contributed by atoms with Crippen LogP contribution in [0.25, 0.3) is 11.5 Å². The van der Waals surface area contributed by atoms with Crippen molar-refractivity contribution in [3.8, 4) is 11.5 Å². The molecule has 26 heavy (non-hydrogen) atoms. The smallest absolute Gasteiger partial charge is 0.289 e. The largest absolute Gasteiger partial charge is 0.334 e. The van der Waals surface area contributed by atoms with Crippen LogP contribution in [0.5, 0.6) is 0 Å². The van der Waals surface area contributed by atoms with Gasteiger partial charge < -0.3 is 9.84 Å². The zero-order valence-corrected chi connectivity index (χ0v) is 14.9. The third-order valence-electron chi connectivity index (χ3n) is 3.34. The van der Waals surface area contributed by atoms with Crippen molar-refractivity contribution in [2.75, 3.05) is 5.32 Å². The van der Waals surface area contributed by atoms with Crippen molar-refractivity contribution in [3.05, 3.63) is 58.9 Å². The van der Waals surface area contributed by atoms with Gasteiger partial charge in [0.25, 0.3) is 17.6 Å². The lowest BCUT2D eigenvalue weighted by Crippen LogP contribution is -2.12. The molecular weight excluding hydrogens is 384 g/mol. The number of alkyl halides is 2. The molecule has 0 saturated heterocycles. The van der Waals surface area contributed by atoms with Gasteiger partial charge in [0.1, 0.15) is 0 Å². The van der Waals surface area contributed by atoms with E-state index in [2.05, 4.69) is 15.5 Å². The fourth-order valence-electron chi connectivity index (χ4n) is 2.19. The molecule has 9 heteroatoms. The molecule has 0 atom stereocenters. The summed E-state index contributed by atoms with van der Waals surface area (Å²) in [6, 6.07) is 11.1. The van der Waals surface area contributed by atoms with Crippen LogP contribution < -0.4 is 5.32 Å². The maximum Gasteiger partial charge on any atom is 0.289 e. The number of hydrogen-bond acceptors (Lipinski definition) is 5. The molecule has 0 aliphatic heterocycles. The standard InChI is InChI=1S/C17H12ClF2N3O2S/c1-9-21-16(25-23-9)11-7-5-10(6-8-11)15(24)22-13-4-2-3-12(18)14(13)26-17(19)20/h2-8,17H,1H3,(H,22,24). The number of aromatic nitrogens is 2. The minimum absolute atomic E-state index is 0.121. The number of aryl methyl sites for hydroxylation is 1. The van der Waals surface area contributed by atoms with Gasteiger partial charge >= 0.3 is 0 Å². The lowest BCUT2D eigenvalue weighted by Gasteiger charge is -2.12. The average molecular weight is 396 g/mol. The van der Waals surface area contributed by atoms with Crippen LogP contribution in [0.3, 0.4) is 0 Å². The van der Waals surface area contributed by atoms with Crippen LogP contribution in [0.1, 0.15) is 16.2 Å². The van der Waals surface area contributed by atoms with Crippen molar-refractivity contribution in [3.63, 3.8) is 0 Å². The number of amides is 1. The van der Waals surface area contributed by atoms with Crippen molar-refractivity contribution in [2.45, 2.75) is 17.6 Å². The molecule has 0 fully saturated rings. The van der Waals surface area contributed by atoms with Crippen LogP contribution in [0.2, 0.25) is 5.02 Å². The van der Waals surface area contributed by atoms with Crippen molar-refractivity contribution in [1.29, 1.82) is 0 Å². The Morgan fingerprint density at radius 1 is 1.23 bits per heavy atom. The molecule has 1 aromatic heterocycles. The third-order valence-corrected chi connectivity index (χ3v) is 4.62. The van der Waals surface area contributed by atoms with Crippen molar-refractivity contribution in [2.24, 2.45) is 0 Å². The number of nitrogens with zero attached hydrogens (tertiary/aromatic N) is 2. The summed E-state index contributed by atoms with van der Waals surface area (Å²) in [6.45, 7) is 1.70. The zero-order valence-electron chi connectivity index (χ0n) is 13.4. The van der Waals surface area contributed by atoms with Crippen molar-refractivity contribution >= 4 is 35.0 Å². The van der Waals surface area contributed by atoms with Crippen LogP contribution in [-0.2, 0) is 0 Å². The number of anilines is 1. The van der Waals surface area contributed by atoms with Gasteiger partial charge in [0.05, 0.1) is 15.6 Å². The van der Waals surface area contributed by atoms with E-state index in [0.29, 0.717) is 22.8 Å². The molecule has 134 valence electrons. The average Bonchev–Trinajstić information content (AvgIpc) is 3.04. The van der Waals surface area contributed by atoms with E-state index in [9.17, 15) is 13.6 Å². The van der Waals surface area contributed by atoms with Crippen LogP contribution in [-0.4, -0.2) is 21.8 Å². The first kappa shape index (κ1) is 18.3. The fraction of sp³-hybridized carbons (Fsp3) is 0.118. The van der Waals surface area contributed by atoms with Gasteiger partial charge in [-0.15, -0.1) is 0 Å². The lowest BCUT2D eigenvalue weighted by molar-refractivity contribution is 0.102. The Morgan fingerprint density at radius 3 is 2.58 bits per heavy atom. The first-order valence-corrected chi connectivity index (χ1v) is 8.65. The molecule has 3 aromatic rings. The van der Waals surface area contributed by atoms with Crippen LogP contribution in [0.15, 0.2) is 51.9 Å². The summed E-state index contributed by atoms with van der Waals surface area (Å²) in [5.74, 6) is -2.24. The second-order valence-electron chi connectivity index (χ2n) is 5.17. The molecule has 0 aliphatic carbocycles. The zero-order chi connectivity index (χ0) is 18.7. The molecule has 0 spiro atoms. The number of rotatable bonds is 5. The highest BCUT2D eigenvalue weighted by atomic mass is 35.5. The summed E-state index contributed by atoms with van der Waals surface area (Å²) in [5, 5.41) is 6.46. The molecular formula is C17H12ClF2N3O2S. The summed E-state index contributed by atoms with van der Waals surface area (Å²) in [6.07, 6.45) is 0. The van der Waals surface area contributed by atoms with E-state index in [4.69, 9.17) is 16.1 Å². The van der Waals surface area contributed by atoms with E-state index >= 15 is 0 Å². The molecule has 2 aromatic carbocycles. The Morgan fingerprint density at radius 2 is 1.96 bits per heavy atom. The molecule has 0 unspecified atom stereocenters.